The molecule has 0 heterocycles. The van der Waals surface area contributed by atoms with Crippen molar-refractivity contribution in [3.63, 3.8) is 0 Å². The lowest BCUT2D eigenvalue weighted by Gasteiger charge is -2.11. The molecule has 0 saturated heterocycles. The van der Waals surface area contributed by atoms with E-state index in [0.717, 1.165) is 0 Å². The summed E-state index contributed by atoms with van der Waals surface area (Å²) in [6, 6.07) is 8.94. The van der Waals surface area contributed by atoms with Gasteiger partial charge in [-0.1, -0.05) is 12.1 Å². The number of carbonyl (C=O) groups excluding carboxylic acids is 1. The number of hydrogen-bond donors (Lipinski definition) is 2. The minimum Gasteiger partial charge on any atom is -0.495 e. The first-order valence-electron chi connectivity index (χ1n) is 4.91. The molecule has 1 aromatic rings. The largest absolute Gasteiger partial charge is 0.495 e. The smallest absolute Gasteiger partial charge is 0.261 e. The molecule has 5 heteroatoms. The fourth-order valence-corrected chi connectivity index (χ4v) is 1.34. The quantitative estimate of drug-likeness (QED) is 0.605. The van der Waals surface area contributed by atoms with E-state index in [1.807, 2.05) is 12.1 Å². The summed E-state index contributed by atoms with van der Waals surface area (Å²) in [5, 5.41) is 11.7. The third-order valence-corrected chi connectivity index (χ3v) is 2.16. The Hall–Kier alpha value is -2.48. The number of allylic oxidation sites excluding steroid dienone is 1. The Labute approximate surface area is 99.5 Å². The molecule has 0 fully saturated rings. The Balaban J connectivity index is 3.07. The van der Waals surface area contributed by atoms with Crippen LogP contribution >= 0.6 is 0 Å². The molecule has 1 amide bonds. The number of carbonyl (C=O) groups is 1. The molecular weight excluding hydrogens is 218 g/mol. The highest BCUT2D eigenvalue weighted by Gasteiger charge is 2.10. The van der Waals surface area contributed by atoms with Crippen LogP contribution in [0.4, 0.5) is 5.69 Å². The summed E-state index contributed by atoms with van der Waals surface area (Å²) in [7, 11) is 1.54. The molecule has 0 radical (unpaired) electrons. The van der Waals surface area contributed by atoms with Gasteiger partial charge in [-0.05, 0) is 19.1 Å². The van der Waals surface area contributed by atoms with Crippen LogP contribution in [0.1, 0.15) is 6.92 Å². The van der Waals surface area contributed by atoms with Crippen molar-refractivity contribution < 1.29 is 9.53 Å². The number of anilines is 1. The van der Waals surface area contributed by atoms with E-state index in [9.17, 15) is 4.79 Å². The molecule has 0 aliphatic heterocycles. The maximum Gasteiger partial charge on any atom is 0.261 e. The van der Waals surface area contributed by atoms with E-state index in [-0.39, 0.29) is 5.57 Å². The summed E-state index contributed by atoms with van der Waals surface area (Å²) in [4.78, 5) is 11.0. The van der Waals surface area contributed by atoms with Crippen LogP contribution in [0.2, 0.25) is 0 Å². The van der Waals surface area contributed by atoms with Gasteiger partial charge in [0.2, 0.25) is 0 Å². The number of nitriles is 1. The Bertz CT molecular complexity index is 501. The van der Waals surface area contributed by atoms with Crippen molar-refractivity contribution in [3.8, 4) is 11.8 Å². The second-order valence-electron chi connectivity index (χ2n) is 3.30. The molecule has 88 valence electrons. The molecule has 0 aliphatic carbocycles. The molecule has 0 atom stereocenters. The number of amides is 1. The van der Waals surface area contributed by atoms with Gasteiger partial charge in [-0.3, -0.25) is 4.79 Å². The van der Waals surface area contributed by atoms with E-state index in [1.54, 1.807) is 32.2 Å². The van der Waals surface area contributed by atoms with Crippen LogP contribution in [0.5, 0.6) is 5.75 Å². The van der Waals surface area contributed by atoms with Crippen molar-refractivity contribution in [3.05, 3.63) is 35.5 Å². The van der Waals surface area contributed by atoms with Crippen LogP contribution in [0.15, 0.2) is 35.5 Å². The van der Waals surface area contributed by atoms with Gasteiger partial charge < -0.3 is 15.8 Å². The van der Waals surface area contributed by atoms with Gasteiger partial charge in [0.25, 0.3) is 5.91 Å². The van der Waals surface area contributed by atoms with Crippen molar-refractivity contribution in [2.24, 2.45) is 5.73 Å². The summed E-state index contributed by atoms with van der Waals surface area (Å²) >= 11 is 0. The van der Waals surface area contributed by atoms with Crippen LogP contribution in [-0.4, -0.2) is 13.0 Å². The second kappa shape index (κ2) is 5.56. The first-order chi connectivity index (χ1) is 8.10. The third-order valence-electron chi connectivity index (χ3n) is 2.16. The number of nitrogens with one attached hydrogen (secondary N) is 1. The number of primary amides is 1. The Morgan fingerprint density at radius 1 is 1.47 bits per heavy atom. The minimum atomic E-state index is -0.757. The SMILES string of the molecule is COc1ccccc1N/C(C)=C(\C#N)C(N)=O. The summed E-state index contributed by atoms with van der Waals surface area (Å²) in [6.07, 6.45) is 0. The lowest BCUT2D eigenvalue weighted by molar-refractivity contribution is -0.114. The fourth-order valence-electron chi connectivity index (χ4n) is 1.34. The molecule has 0 aliphatic rings. The molecule has 5 nitrogen and oxygen atoms in total. The number of benzene rings is 1. The van der Waals surface area contributed by atoms with E-state index < -0.39 is 5.91 Å². The third kappa shape index (κ3) is 2.98. The summed E-state index contributed by atoms with van der Waals surface area (Å²) < 4.78 is 5.14. The number of rotatable bonds is 4. The summed E-state index contributed by atoms with van der Waals surface area (Å²) in [5.74, 6) is -0.138. The van der Waals surface area contributed by atoms with Crippen LogP contribution in [0, 0.1) is 11.3 Å². The zero-order chi connectivity index (χ0) is 12.8. The summed E-state index contributed by atoms with van der Waals surface area (Å²) in [6.45, 7) is 1.61. The number of nitrogens with two attached hydrogens (primary N) is 1. The average Bonchev–Trinajstić information content (AvgIpc) is 2.30. The molecule has 1 aromatic carbocycles. The van der Waals surface area contributed by atoms with Gasteiger partial charge in [0.1, 0.15) is 17.4 Å². The molecule has 1 rings (SSSR count). The lowest BCUT2D eigenvalue weighted by atomic mass is 10.2. The standard InChI is InChI=1S/C12H13N3O2/c1-8(9(7-13)12(14)16)15-10-5-3-4-6-11(10)17-2/h3-6,15H,1-2H3,(H2,14,16)/b9-8+. The predicted molar refractivity (Wildman–Crippen MR) is 64.1 cm³/mol. The first kappa shape index (κ1) is 12.6. The van der Waals surface area contributed by atoms with Gasteiger partial charge in [0, 0.05) is 5.70 Å². The monoisotopic (exact) mass is 231 g/mol. The van der Waals surface area contributed by atoms with E-state index in [4.69, 9.17) is 15.7 Å². The lowest BCUT2D eigenvalue weighted by Crippen LogP contribution is -2.16. The molecule has 17 heavy (non-hydrogen) atoms. The molecule has 0 saturated carbocycles. The molecule has 0 spiro atoms. The maximum absolute atomic E-state index is 11.0. The van der Waals surface area contributed by atoms with Gasteiger partial charge in [0.15, 0.2) is 0 Å². The molecule has 3 N–H and O–H groups in total. The Morgan fingerprint density at radius 3 is 2.65 bits per heavy atom. The number of para-hydroxylation sites is 2. The van der Waals surface area contributed by atoms with E-state index in [0.29, 0.717) is 17.1 Å². The number of methoxy groups -OCH3 is 1. The highest BCUT2D eigenvalue weighted by atomic mass is 16.5. The zero-order valence-electron chi connectivity index (χ0n) is 9.65. The predicted octanol–water partition coefficient (Wildman–Crippen LogP) is 1.39. The van der Waals surface area contributed by atoms with Gasteiger partial charge in [-0.2, -0.15) is 5.26 Å². The van der Waals surface area contributed by atoms with Crippen LogP contribution < -0.4 is 15.8 Å². The molecule has 0 unspecified atom stereocenters. The number of hydrogen-bond acceptors (Lipinski definition) is 4. The minimum absolute atomic E-state index is 0.101. The average molecular weight is 231 g/mol. The zero-order valence-corrected chi connectivity index (χ0v) is 9.65. The Kier molecular flexibility index (Phi) is 4.12. The first-order valence-corrected chi connectivity index (χ1v) is 4.91. The summed E-state index contributed by atoms with van der Waals surface area (Å²) in [5.41, 5.74) is 6.04. The normalized spacial score (nSPS) is 11.1. The maximum atomic E-state index is 11.0. The second-order valence-corrected chi connectivity index (χ2v) is 3.30. The van der Waals surface area contributed by atoms with Crippen molar-refractivity contribution >= 4 is 11.6 Å². The van der Waals surface area contributed by atoms with Gasteiger partial charge >= 0.3 is 0 Å². The van der Waals surface area contributed by atoms with Gasteiger partial charge in [-0.25, -0.2) is 0 Å². The molecule has 0 aromatic heterocycles. The topological polar surface area (TPSA) is 88.1 Å². The van der Waals surface area contributed by atoms with E-state index in [2.05, 4.69) is 5.32 Å². The Morgan fingerprint density at radius 2 is 2.12 bits per heavy atom. The van der Waals surface area contributed by atoms with Crippen LogP contribution in [-0.2, 0) is 4.79 Å². The van der Waals surface area contributed by atoms with E-state index in [1.165, 1.54) is 0 Å². The van der Waals surface area contributed by atoms with Crippen molar-refractivity contribution in [2.75, 3.05) is 12.4 Å². The van der Waals surface area contributed by atoms with Crippen molar-refractivity contribution in [1.82, 2.24) is 0 Å². The van der Waals surface area contributed by atoms with Crippen LogP contribution in [0.3, 0.4) is 0 Å². The van der Waals surface area contributed by atoms with Gasteiger partial charge in [-0.15, -0.1) is 0 Å². The van der Waals surface area contributed by atoms with Crippen molar-refractivity contribution in [1.29, 1.82) is 5.26 Å². The number of ether oxygens (including phenoxy) is 1. The molecular formula is C12H13N3O2. The molecule has 0 bridgehead atoms. The van der Waals surface area contributed by atoms with Crippen molar-refractivity contribution in [2.45, 2.75) is 6.92 Å². The van der Waals surface area contributed by atoms with Crippen LogP contribution in [0.25, 0.3) is 0 Å². The highest BCUT2D eigenvalue weighted by molar-refractivity contribution is 5.97. The fraction of sp³-hybridized carbons (Fsp3) is 0.167. The highest BCUT2D eigenvalue weighted by Crippen LogP contribution is 2.24. The number of nitrogens with zero attached hydrogens (tertiary/aromatic N) is 1. The van der Waals surface area contributed by atoms with E-state index >= 15 is 0 Å². The van der Waals surface area contributed by atoms with Gasteiger partial charge in [0.05, 0.1) is 12.8 Å².